The molecular formula is C24H27N5O3. The molecule has 3 aromatic rings. The minimum atomic E-state index is -0.341. The summed E-state index contributed by atoms with van der Waals surface area (Å²) in [4.78, 5) is 18.6. The molecule has 0 aliphatic heterocycles. The van der Waals surface area contributed by atoms with Gasteiger partial charge in [0.1, 0.15) is 11.4 Å². The molecule has 0 atom stereocenters. The first-order chi connectivity index (χ1) is 15.5. The summed E-state index contributed by atoms with van der Waals surface area (Å²) in [5, 5.41) is 15.5. The first-order valence-electron chi connectivity index (χ1n) is 10.1. The number of amides is 1. The number of methoxy groups -OCH3 is 1. The number of para-hydroxylation sites is 2. The minimum absolute atomic E-state index is 0.0320. The summed E-state index contributed by atoms with van der Waals surface area (Å²) in [6.45, 7) is 4.90. The first-order valence-corrected chi connectivity index (χ1v) is 10.1. The molecule has 5 N–H and O–H groups in total. The normalized spacial score (nSPS) is 10.3. The number of nitrogens with one attached hydrogen (secondary N) is 2. The fourth-order valence-electron chi connectivity index (χ4n) is 3.02. The van der Waals surface area contributed by atoms with Crippen LogP contribution in [-0.2, 0) is 6.54 Å². The average molecular weight is 434 g/mol. The zero-order chi connectivity index (χ0) is 22.9. The number of nitrogens with two attached hydrogens (primary N) is 1. The highest BCUT2D eigenvalue weighted by molar-refractivity contribution is 6.04. The third-order valence-corrected chi connectivity index (χ3v) is 4.77. The third kappa shape index (κ3) is 5.99. The van der Waals surface area contributed by atoms with E-state index in [2.05, 4.69) is 22.2 Å². The lowest BCUT2D eigenvalue weighted by atomic mass is 10.2. The van der Waals surface area contributed by atoms with Crippen LogP contribution in [0.4, 0.5) is 17.1 Å². The molecule has 0 aliphatic carbocycles. The predicted molar refractivity (Wildman–Crippen MR) is 126 cm³/mol. The van der Waals surface area contributed by atoms with Gasteiger partial charge in [0.25, 0.3) is 5.91 Å². The van der Waals surface area contributed by atoms with Gasteiger partial charge in [0.15, 0.2) is 0 Å². The van der Waals surface area contributed by atoms with Gasteiger partial charge in [0.05, 0.1) is 30.9 Å². The van der Waals surface area contributed by atoms with E-state index < -0.39 is 0 Å². The summed E-state index contributed by atoms with van der Waals surface area (Å²) in [6.07, 6.45) is 1.63. The lowest BCUT2D eigenvalue weighted by molar-refractivity contribution is 0.102. The number of nitrogen functional groups attached to an aromatic ring is 1. The van der Waals surface area contributed by atoms with Crippen molar-refractivity contribution in [3.8, 4) is 5.75 Å². The second-order valence-corrected chi connectivity index (χ2v) is 7.04. The smallest absolute Gasteiger partial charge is 0.274 e. The number of rotatable bonds is 10. The number of aliphatic hydroxyl groups excluding tert-OH is 1. The summed E-state index contributed by atoms with van der Waals surface area (Å²) < 4.78 is 5.17. The lowest BCUT2D eigenvalue weighted by Gasteiger charge is -2.27. The van der Waals surface area contributed by atoms with Gasteiger partial charge >= 0.3 is 0 Å². The number of ether oxygens (including phenoxy) is 1. The molecule has 0 fully saturated rings. The van der Waals surface area contributed by atoms with Crippen molar-refractivity contribution < 1.29 is 14.6 Å². The molecule has 166 valence electrons. The Kier molecular flexibility index (Phi) is 7.66. The van der Waals surface area contributed by atoms with Gasteiger partial charge in [-0.25, -0.2) is 0 Å². The van der Waals surface area contributed by atoms with Crippen LogP contribution >= 0.6 is 0 Å². The van der Waals surface area contributed by atoms with Gasteiger partial charge in [0, 0.05) is 25.0 Å². The molecule has 1 amide bonds. The number of aliphatic hydroxyl groups is 1. The van der Waals surface area contributed by atoms with Gasteiger partial charge in [-0.2, -0.15) is 0 Å². The van der Waals surface area contributed by atoms with E-state index >= 15 is 0 Å². The molecule has 8 heteroatoms. The van der Waals surface area contributed by atoms with Crippen molar-refractivity contribution in [2.24, 2.45) is 0 Å². The van der Waals surface area contributed by atoms with Crippen LogP contribution < -0.4 is 21.1 Å². The largest absolute Gasteiger partial charge is 0.497 e. The molecule has 3 rings (SSSR count). The maximum atomic E-state index is 12.5. The highest BCUT2D eigenvalue weighted by Crippen LogP contribution is 2.19. The number of anilines is 3. The van der Waals surface area contributed by atoms with Crippen LogP contribution in [0.3, 0.4) is 0 Å². The van der Waals surface area contributed by atoms with Crippen LogP contribution in [0.15, 0.2) is 79.3 Å². The third-order valence-electron chi connectivity index (χ3n) is 4.77. The monoisotopic (exact) mass is 433 g/mol. The van der Waals surface area contributed by atoms with Gasteiger partial charge < -0.3 is 31.1 Å². The molecule has 32 heavy (non-hydrogen) atoms. The van der Waals surface area contributed by atoms with Crippen molar-refractivity contribution in [2.45, 2.75) is 6.54 Å². The van der Waals surface area contributed by atoms with Crippen molar-refractivity contribution >= 4 is 23.0 Å². The Hall–Kier alpha value is -4.04. The fourth-order valence-corrected chi connectivity index (χ4v) is 3.02. The quantitative estimate of drug-likeness (QED) is 0.363. The minimum Gasteiger partial charge on any atom is -0.497 e. The van der Waals surface area contributed by atoms with Gasteiger partial charge in [-0.15, -0.1) is 0 Å². The molecule has 0 saturated heterocycles. The Morgan fingerprint density at radius 2 is 1.88 bits per heavy atom. The van der Waals surface area contributed by atoms with Gasteiger partial charge in [-0.1, -0.05) is 24.8 Å². The predicted octanol–water partition coefficient (Wildman–Crippen LogP) is 3.30. The summed E-state index contributed by atoms with van der Waals surface area (Å²) in [5.74, 6) is 1.05. The number of pyridine rings is 1. The Balaban J connectivity index is 1.63. The number of hydrogen-bond donors (Lipinski definition) is 4. The van der Waals surface area contributed by atoms with E-state index in [4.69, 9.17) is 10.5 Å². The highest BCUT2D eigenvalue weighted by atomic mass is 16.5. The van der Waals surface area contributed by atoms with E-state index in [1.807, 2.05) is 35.2 Å². The second kappa shape index (κ2) is 10.8. The molecule has 8 nitrogen and oxygen atoms in total. The molecule has 0 saturated carbocycles. The summed E-state index contributed by atoms with van der Waals surface area (Å²) in [6, 6.07) is 18.0. The maximum Gasteiger partial charge on any atom is 0.274 e. The molecule has 0 unspecified atom stereocenters. The Morgan fingerprint density at radius 1 is 1.12 bits per heavy atom. The van der Waals surface area contributed by atoms with E-state index in [1.165, 1.54) is 0 Å². The van der Waals surface area contributed by atoms with Crippen LogP contribution in [0, 0.1) is 0 Å². The molecule has 0 aliphatic rings. The molecule has 2 aromatic carbocycles. The molecule has 0 spiro atoms. The van der Waals surface area contributed by atoms with Gasteiger partial charge in [-0.05, 0) is 48.0 Å². The van der Waals surface area contributed by atoms with Gasteiger partial charge in [0.2, 0.25) is 0 Å². The number of nitrogens with zero attached hydrogens (tertiary/aromatic N) is 2. The number of benzene rings is 2. The van der Waals surface area contributed by atoms with E-state index in [0.29, 0.717) is 30.3 Å². The second-order valence-electron chi connectivity index (χ2n) is 7.04. The SMILES string of the molecule is C=C(Nc1ccc(OC)cc1)N(CCO)Cc1ccc(C(=O)Nc2ccccc2N)nc1. The molecule has 0 bridgehead atoms. The first kappa shape index (κ1) is 22.6. The van der Waals surface area contributed by atoms with Crippen LogP contribution in [0.25, 0.3) is 0 Å². The fraction of sp³-hybridized carbons (Fsp3) is 0.167. The van der Waals surface area contributed by atoms with Crippen molar-refractivity contribution in [1.29, 1.82) is 0 Å². The van der Waals surface area contributed by atoms with Crippen molar-refractivity contribution in [1.82, 2.24) is 9.88 Å². The Bertz CT molecular complexity index is 1050. The van der Waals surface area contributed by atoms with Gasteiger partial charge in [-0.3, -0.25) is 9.78 Å². The molecular weight excluding hydrogens is 406 g/mol. The average Bonchev–Trinajstić information content (AvgIpc) is 2.81. The molecule has 1 aromatic heterocycles. The zero-order valence-corrected chi connectivity index (χ0v) is 17.9. The standard InChI is InChI=1S/C24H27N5O3/c1-17(27-19-8-10-20(32-2)11-9-19)29(13-14-30)16-18-7-12-23(26-15-18)24(31)28-22-6-4-3-5-21(22)25/h3-12,15,27,30H,1,13-14,16,25H2,2H3,(H,28,31). The van der Waals surface area contributed by atoms with Crippen molar-refractivity contribution in [2.75, 3.05) is 36.6 Å². The summed E-state index contributed by atoms with van der Waals surface area (Å²) in [5.41, 5.74) is 8.89. The number of carbonyl (C=O) groups is 1. The highest BCUT2D eigenvalue weighted by Gasteiger charge is 2.12. The van der Waals surface area contributed by atoms with Crippen molar-refractivity contribution in [3.05, 3.63) is 90.5 Å². The van der Waals surface area contributed by atoms with E-state index in [1.54, 1.807) is 43.6 Å². The molecule has 1 heterocycles. The van der Waals surface area contributed by atoms with E-state index in [0.717, 1.165) is 17.0 Å². The zero-order valence-electron chi connectivity index (χ0n) is 17.9. The van der Waals surface area contributed by atoms with Crippen LogP contribution in [0.2, 0.25) is 0 Å². The van der Waals surface area contributed by atoms with Crippen LogP contribution in [0.1, 0.15) is 16.1 Å². The summed E-state index contributed by atoms with van der Waals surface area (Å²) >= 11 is 0. The Morgan fingerprint density at radius 3 is 2.50 bits per heavy atom. The summed E-state index contributed by atoms with van der Waals surface area (Å²) in [7, 11) is 1.62. The van der Waals surface area contributed by atoms with Crippen LogP contribution in [0.5, 0.6) is 5.75 Å². The van der Waals surface area contributed by atoms with E-state index in [-0.39, 0.29) is 18.2 Å². The number of hydrogen-bond acceptors (Lipinski definition) is 7. The van der Waals surface area contributed by atoms with Crippen LogP contribution in [-0.4, -0.2) is 41.2 Å². The number of aromatic nitrogens is 1. The molecule has 0 radical (unpaired) electrons. The van der Waals surface area contributed by atoms with Crippen molar-refractivity contribution in [3.63, 3.8) is 0 Å². The Labute approximate surface area is 187 Å². The topological polar surface area (TPSA) is 113 Å². The number of carbonyl (C=O) groups excluding carboxylic acids is 1. The van der Waals surface area contributed by atoms with E-state index in [9.17, 15) is 9.90 Å². The lowest BCUT2D eigenvalue weighted by Crippen LogP contribution is -2.29. The maximum absolute atomic E-state index is 12.5.